The molecule has 0 aromatic heterocycles. The van der Waals surface area contributed by atoms with E-state index in [0.717, 1.165) is 37.8 Å². The van der Waals surface area contributed by atoms with Gasteiger partial charge in [0.15, 0.2) is 0 Å². The number of hydrogen-bond acceptors (Lipinski definition) is 10. The number of carbonyl (C=O) groups is 4. The number of amides is 3. The van der Waals surface area contributed by atoms with Gasteiger partial charge in [0, 0.05) is 18.0 Å². The highest BCUT2D eigenvalue weighted by Crippen LogP contribution is 2.26. The first-order chi connectivity index (χ1) is 25.4. The van der Waals surface area contributed by atoms with E-state index in [2.05, 4.69) is 20.7 Å². The van der Waals surface area contributed by atoms with Gasteiger partial charge in [0.05, 0.1) is 31.6 Å². The Hall–Kier alpha value is -3.60. The fraction of sp³-hybridized carbons (Fsp3) is 0.568. The number of sulfonamides is 1. The Morgan fingerprint density at radius 1 is 1.00 bits per heavy atom. The minimum atomic E-state index is -3.79. The molecule has 2 aromatic rings. The molecule has 0 aliphatic carbocycles. The van der Waals surface area contributed by atoms with Gasteiger partial charge in [-0.25, -0.2) is 13.1 Å². The van der Waals surface area contributed by atoms with E-state index in [1.54, 1.807) is 24.3 Å². The number of nitrogens with two attached hydrogens (primary N) is 1. The van der Waals surface area contributed by atoms with Gasteiger partial charge in [-0.1, -0.05) is 41.9 Å². The van der Waals surface area contributed by atoms with Crippen molar-refractivity contribution in [2.75, 3.05) is 45.6 Å². The predicted molar refractivity (Wildman–Crippen MR) is 202 cm³/mol. The van der Waals surface area contributed by atoms with Gasteiger partial charge in [-0.3, -0.25) is 19.2 Å². The zero-order valence-electron chi connectivity index (χ0n) is 30.3. The number of benzene rings is 2. The van der Waals surface area contributed by atoms with Crippen molar-refractivity contribution in [3.63, 3.8) is 0 Å². The zero-order valence-corrected chi connectivity index (χ0v) is 31.8. The fourth-order valence-corrected chi connectivity index (χ4v) is 7.46. The van der Waals surface area contributed by atoms with Crippen molar-refractivity contribution in [1.82, 2.24) is 25.6 Å². The summed E-state index contributed by atoms with van der Waals surface area (Å²) >= 11 is 6.03. The predicted octanol–water partition coefficient (Wildman–Crippen LogP) is 1.90. The quantitative estimate of drug-likeness (QED) is 0.0923. The number of ketones is 1. The fourth-order valence-electron chi connectivity index (χ4n) is 6.59. The molecule has 3 amide bonds. The van der Waals surface area contributed by atoms with Crippen LogP contribution >= 0.6 is 11.6 Å². The number of likely N-dealkylation sites (tertiary alicyclic amines) is 1. The van der Waals surface area contributed by atoms with E-state index in [4.69, 9.17) is 26.8 Å². The Morgan fingerprint density at radius 3 is 2.40 bits per heavy atom. The lowest BCUT2D eigenvalue weighted by Gasteiger charge is -2.30. The first-order valence-electron chi connectivity index (χ1n) is 18.3. The van der Waals surface area contributed by atoms with Crippen LogP contribution in [0.3, 0.4) is 0 Å². The first kappa shape index (κ1) is 42.1. The maximum Gasteiger partial charge on any atom is 0.289 e. The van der Waals surface area contributed by atoms with E-state index in [9.17, 15) is 27.6 Å². The van der Waals surface area contributed by atoms with Gasteiger partial charge in [0.25, 0.3) is 5.91 Å². The molecule has 6 N–H and O–H groups in total. The van der Waals surface area contributed by atoms with Crippen molar-refractivity contribution >= 4 is 45.1 Å². The highest BCUT2D eigenvalue weighted by atomic mass is 35.5. The van der Waals surface area contributed by atoms with Crippen molar-refractivity contribution in [2.24, 2.45) is 11.7 Å². The number of nitrogens with zero attached hydrogens (tertiary/aromatic N) is 1. The normalized spacial score (nSPS) is 19.0. The average Bonchev–Trinajstić information content (AvgIpc) is 3.59. The van der Waals surface area contributed by atoms with E-state index in [-0.39, 0.29) is 45.6 Å². The number of unbranched alkanes of at least 4 members (excludes halogenated alkanes) is 1. The Morgan fingerprint density at radius 2 is 1.72 bits per heavy atom. The lowest BCUT2D eigenvalue weighted by atomic mass is 9.91. The number of halogens is 1. The van der Waals surface area contributed by atoms with E-state index in [1.807, 2.05) is 30.3 Å². The van der Waals surface area contributed by atoms with Gasteiger partial charge in [-0.05, 0) is 100 Å². The molecule has 2 aliphatic heterocycles. The zero-order chi connectivity index (χ0) is 38.2. The largest absolute Gasteiger partial charge is 0.492 e. The van der Waals surface area contributed by atoms with E-state index >= 15 is 0 Å². The maximum atomic E-state index is 14.2. The molecule has 2 aromatic carbocycles. The highest BCUT2D eigenvalue weighted by Gasteiger charge is 2.44. The van der Waals surface area contributed by atoms with Crippen LogP contribution in [-0.2, 0) is 40.5 Å². The van der Waals surface area contributed by atoms with Gasteiger partial charge < -0.3 is 36.1 Å². The third kappa shape index (κ3) is 14.3. The van der Waals surface area contributed by atoms with Crippen molar-refractivity contribution in [2.45, 2.75) is 82.2 Å². The second-order valence-corrected chi connectivity index (χ2v) is 15.9. The molecule has 0 bridgehead atoms. The van der Waals surface area contributed by atoms with Gasteiger partial charge >= 0.3 is 0 Å². The third-order valence-electron chi connectivity index (χ3n) is 9.43. The number of hydrogen-bond donors (Lipinski definition) is 5. The van der Waals surface area contributed by atoms with Crippen LogP contribution in [0.2, 0.25) is 5.02 Å². The molecule has 4 rings (SSSR count). The summed E-state index contributed by atoms with van der Waals surface area (Å²) in [5.41, 5.74) is 6.52. The molecule has 53 heavy (non-hydrogen) atoms. The standard InChI is InChI=1S/C37H53ClN6O8S/c1-53(49,50)43-32(15-12-26-16-19-40-20-17-26)37(48)44-24-30(52-25-27-10-13-28(38)14-11-27)23-33(44)35(46)42-31(9-5-6-18-39)34(45)36(47)41-21-22-51-29-7-3-2-4-8-29/h2-4,7-8,10-11,13-14,26,30-33,40,43H,5-6,9,12,15-25,39H2,1H3,(H,41,47)(H,42,46)/t30-,31+,32-,33+/m1/s1. The number of rotatable bonds is 21. The number of para-hydroxylation sites is 1. The second-order valence-electron chi connectivity index (χ2n) is 13.6. The van der Waals surface area contributed by atoms with Crippen LogP contribution in [0.1, 0.15) is 56.9 Å². The number of piperidine rings is 1. The molecule has 0 spiro atoms. The van der Waals surface area contributed by atoms with Crippen LogP contribution in [0, 0.1) is 5.92 Å². The summed E-state index contributed by atoms with van der Waals surface area (Å²) in [6.45, 7) is 2.47. The molecule has 16 heteroatoms. The summed E-state index contributed by atoms with van der Waals surface area (Å²) in [6, 6.07) is 12.8. The summed E-state index contributed by atoms with van der Waals surface area (Å²) in [5.74, 6) is -1.95. The van der Waals surface area contributed by atoms with E-state index in [0.29, 0.717) is 42.5 Å². The molecule has 14 nitrogen and oxygen atoms in total. The third-order valence-corrected chi connectivity index (χ3v) is 10.4. The van der Waals surface area contributed by atoms with Gasteiger partial charge in [0.2, 0.25) is 27.6 Å². The Labute approximate surface area is 317 Å². The van der Waals surface area contributed by atoms with Gasteiger partial charge in [0.1, 0.15) is 24.4 Å². The molecule has 2 aliphatic rings. The highest BCUT2D eigenvalue weighted by molar-refractivity contribution is 7.88. The van der Waals surface area contributed by atoms with Crippen LogP contribution in [0.25, 0.3) is 0 Å². The monoisotopic (exact) mass is 776 g/mol. The molecular weight excluding hydrogens is 724 g/mol. The van der Waals surface area contributed by atoms with Crippen molar-refractivity contribution in [3.05, 3.63) is 65.2 Å². The summed E-state index contributed by atoms with van der Waals surface area (Å²) in [7, 11) is -3.79. The van der Waals surface area contributed by atoms with Crippen LogP contribution in [0.5, 0.6) is 5.75 Å². The second kappa shape index (κ2) is 21.3. The van der Waals surface area contributed by atoms with Crippen molar-refractivity contribution in [1.29, 1.82) is 0 Å². The topological polar surface area (TPSA) is 198 Å². The van der Waals surface area contributed by atoms with Crippen LogP contribution in [0.15, 0.2) is 54.6 Å². The minimum Gasteiger partial charge on any atom is -0.492 e. The lowest BCUT2D eigenvalue weighted by molar-refractivity contribution is -0.143. The number of Topliss-reactive ketones (excluding diaryl/α,β-unsaturated/α-hetero) is 1. The Bertz CT molecular complexity index is 1590. The smallest absolute Gasteiger partial charge is 0.289 e. The molecule has 2 fully saturated rings. The van der Waals surface area contributed by atoms with E-state index < -0.39 is 57.8 Å². The Kier molecular flexibility index (Phi) is 17.0. The number of carbonyl (C=O) groups excluding carboxylic acids is 4. The van der Waals surface area contributed by atoms with Crippen molar-refractivity contribution < 1.29 is 37.1 Å². The molecule has 2 heterocycles. The molecule has 2 saturated heterocycles. The molecule has 0 saturated carbocycles. The molecule has 0 radical (unpaired) electrons. The Balaban J connectivity index is 1.48. The summed E-state index contributed by atoms with van der Waals surface area (Å²) < 4.78 is 39.2. The summed E-state index contributed by atoms with van der Waals surface area (Å²) in [4.78, 5) is 56.0. The van der Waals surface area contributed by atoms with Gasteiger partial charge in [-0.15, -0.1) is 0 Å². The molecule has 292 valence electrons. The average molecular weight is 777 g/mol. The van der Waals surface area contributed by atoms with Crippen LogP contribution < -0.4 is 31.1 Å². The molecule has 0 unspecified atom stereocenters. The molecule has 4 atom stereocenters. The summed E-state index contributed by atoms with van der Waals surface area (Å²) in [6.07, 6.45) is 4.43. The SMILES string of the molecule is CS(=O)(=O)N[C@H](CCC1CCNCC1)C(=O)N1C[C@H](OCc2ccc(Cl)cc2)C[C@H]1C(=O)N[C@@H](CCCCN)C(=O)C(=O)NCCOc1ccccc1. The minimum absolute atomic E-state index is 0.0213. The lowest BCUT2D eigenvalue weighted by Crippen LogP contribution is -2.56. The van der Waals surface area contributed by atoms with Crippen LogP contribution in [0.4, 0.5) is 0 Å². The number of nitrogens with one attached hydrogen (secondary N) is 4. The van der Waals surface area contributed by atoms with Gasteiger partial charge in [-0.2, -0.15) is 0 Å². The maximum absolute atomic E-state index is 14.2. The van der Waals surface area contributed by atoms with Crippen molar-refractivity contribution in [3.8, 4) is 5.75 Å². The number of ether oxygens (including phenoxy) is 2. The van der Waals surface area contributed by atoms with Crippen LogP contribution in [-0.4, -0.2) is 107 Å². The molecular formula is C37H53ClN6O8S. The van der Waals surface area contributed by atoms with E-state index in [1.165, 1.54) is 4.90 Å². The first-order valence-corrected chi connectivity index (χ1v) is 20.5. The summed E-state index contributed by atoms with van der Waals surface area (Å²) in [5, 5.41) is 9.18.